The number of hydrogen-bond donors (Lipinski definition) is 1. The average molecular weight is 349 g/mol. The van der Waals surface area contributed by atoms with Gasteiger partial charge in [0.05, 0.1) is 10.6 Å². The number of rotatable bonds is 3. The molecule has 2 rings (SSSR count). The monoisotopic (exact) mass is 348 g/mol. The minimum absolute atomic E-state index is 0.0234. The number of alkyl halides is 3. The maximum atomic E-state index is 12.8. The summed E-state index contributed by atoms with van der Waals surface area (Å²) in [5, 5.41) is 1.76. The maximum absolute atomic E-state index is 12.8. The van der Waals surface area contributed by atoms with Gasteiger partial charge in [-0.25, -0.2) is 0 Å². The SMILES string of the molecule is C[C@@H](C(=O)Nc1ccc(Cl)c(C(F)(F)F)c1)N1C(=O)CCC1=O. The van der Waals surface area contributed by atoms with E-state index in [0.717, 1.165) is 11.0 Å². The molecule has 1 N–H and O–H groups in total. The summed E-state index contributed by atoms with van der Waals surface area (Å²) in [6.07, 6.45) is -4.62. The van der Waals surface area contributed by atoms with Gasteiger partial charge in [0.15, 0.2) is 0 Å². The lowest BCUT2D eigenvalue weighted by Gasteiger charge is -2.22. The summed E-state index contributed by atoms with van der Waals surface area (Å²) < 4.78 is 38.3. The van der Waals surface area contributed by atoms with Crippen molar-refractivity contribution in [1.29, 1.82) is 0 Å². The highest BCUT2D eigenvalue weighted by Gasteiger charge is 2.37. The Hall–Kier alpha value is -2.09. The highest BCUT2D eigenvalue weighted by molar-refractivity contribution is 6.31. The topological polar surface area (TPSA) is 66.5 Å². The summed E-state index contributed by atoms with van der Waals surface area (Å²) in [5.41, 5.74) is -1.21. The van der Waals surface area contributed by atoms with Crippen LogP contribution in [0.25, 0.3) is 0 Å². The first-order valence-electron chi connectivity index (χ1n) is 6.63. The zero-order valence-corrected chi connectivity index (χ0v) is 12.7. The lowest BCUT2D eigenvalue weighted by atomic mass is 10.2. The Morgan fingerprint density at radius 2 is 1.83 bits per heavy atom. The van der Waals surface area contributed by atoms with Crippen molar-refractivity contribution in [3.63, 3.8) is 0 Å². The Balaban J connectivity index is 2.17. The van der Waals surface area contributed by atoms with Gasteiger partial charge < -0.3 is 5.32 Å². The van der Waals surface area contributed by atoms with E-state index in [4.69, 9.17) is 11.6 Å². The average Bonchev–Trinajstić information content (AvgIpc) is 2.78. The van der Waals surface area contributed by atoms with Crippen molar-refractivity contribution in [3.05, 3.63) is 28.8 Å². The van der Waals surface area contributed by atoms with Crippen LogP contribution in [0, 0.1) is 0 Å². The van der Waals surface area contributed by atoms with E-state index in [0.29, 0.717) is 6.07 Å². The number of nitrogens with zero attached hydrogens (tertiary/aromatic N) is 1. The fourth-order valence-electron chi connectivity index (χ4n) is 2.21. The van der Waals surface area contributed by atoms with Gasteiger partial charge in [0.25, 0.3) is 0 Å². The molecule has 124 valence electrons. The molecule has 0 aromatic heterocycles. The molecule has 1 fully saturated rings. The Bertz CT molecular complexity index is 660. The van der Waals surface area contributed by atoms with Crippen molar-refractivity contribution in [3.8, 4) is 0 Å². The van der Waals surface area contributed by atoms with E-state index >= 15 is 0 Å². The molecule has 0 spiro atoms. The van der Waals surface area contributed by atoms with Gasteiger partial charge in [-0.3, -0.25) is 19.3 Å². The van der Waals surface area contributed by atoms with Crippen molar-refractivity contribution in [2.75, 3.05) is 5.32 Å². The Labute approximate surface area is 134 Å². The summed E-state index contributed by atoms with van der Waals surface area (Å²) in [4.78, 5) is 36.0. The number of benzene rings is 1. The number of likely N-dealkylation sites (tertiary alicyclic amines) is 1. The quantitative estimate of drug-likeness (QED) is 0.854. The van der Waals surface area contributed by atoms with Crippen molar-refractivity contribution >= 4 is 35.0 Å². The van der Waals surface area contributed by atoms with Gasteiger partial charge in [-0.2, -0.15) is 13.2 Å². The third-order valence-corrected chi connectivity index (χ3v) is 3.73. The third-order valence-electron chi connectivity index (χ3n) is 3.40. The molecular weight excluding hydrogens is 337 g/mol. The number of hydrogen-bond acceptors (Lipinski definition) is 3. The fourth-order valence-corrected chi connectivity index (χ4v) is 2.43. The number of carbonyl (C=O) groups excluding carboxylic acids is 3. The molecular formula is C14H12ClF3N2O3. The predicted octanol–water partition coefficient (Wildman–Crippen LogP) is 2.83. The van der Waals surface area contributed by atoms with Crippen molar-refractivity contribution in [2.24, 2.45) is 0 Å². The van der Waals surface area contributed by atoms with Crippen molar-refractivity contribution in [2.45, 2.75) is 32.0 Å². The lowest BCUT2D eigenvalue weighted by molar-refractivity contribution is -0.144. The number of nitrogens with one attached hydrogen (secondary N) is 1. The predicted molar refractivity (Wildman–Crippen MR) is 75.6 cm³/mol. The number of imide groups is 1. The molecule has 9 heteroatoms. The summed E-state index contributed by atoms with van der Waals surface area (Å²) in [7, 11) is 0. The second kappa shape index (κ2) is 6.19. The van der Waals surface area contributed by atoms with Crippen LogP contribution in [0.2, 0.25) is 5.02 Å². The molecule has 0 unspecified atom stereocenters. The normalized spacial score (nSPS) is 16.7. The van der Waals surface area contributed by atoms with Gasteiger partial charge in [-0.1, -0.05) is 11.6 Å². The van der Waals surface area contributed by atoms with E-state index in [1.54, 1.807) is 0 Å². The van der Waals surface area contributed by atoms with Crippen LogP contribution in [0.15, 0.2) is 18.2 Å². The molecule has 1 aromatic rings. The van der Waals surface area contributed by atoms with Gasteiger partial charge in [-0.05, 0) is 25.1 Å². The van der Waals surface area contributed by atoms with E-state index < -0.39 is 40.5 Å². The third kappa shape index (κ3) is 3.64. The van der Waals surface area contributed by atoms with Gasteiger partial charge in [-0.15, -0.1) is 0 Å². The minimum atomic E-state index is -4.66. The van der Waals surface area contributed by atoms with E-state index in [2.05, 4.69) is 5.32 Å². The highest BCUT2D eigenvalue weighted by atomic mass is 35.5. The molecule has 1 atom stereocenters. The maximum Gasteiger partial charge on any atom is 0.417 e. The van der Waals surface area contributed by atoms with E-state index in [-0.39, 0.29) is 18.5 Å². The smallest absolute Gasteiger partial charge is 0.324 e. The Kier molecular flexibility index (Phi) is 4.65. The molecule has 23 heavy (non-hydrogen) atoms. The number of amides is 3. The van der Waals surface area contributed by atoms with Crippen LogP contribution in [0.3, 0.4) is 0 Å². The first-order valence-corrected chi connectivity index (χ1v) is 7.01. The van der Waals surface area contributed by atoms with Gasteiger partial charge in [0.2, 0.25) is 17.7 Å². The minimum Gasteiger partial charge on any atom is -0.324 e. The molecule has 1 aliphatic heterocycles. The molecule has 0 radical (unpaired) electrons. The standard InChI is InChI=1S/C14H12ClF3N2O3/c1-7(20-11(21)4-5-12(20)22)13(23)19-8-2-3-10(15)9(6-8)14(16,17)18/h2-3,6-7H,4-5H2,1H3,(H,19,23)/t7-/m0/s1. The zero-order chi connectivity index (χ0) is 17.4. The summed E-state index contributed by atoms with van der Waals surface area (Å²) >= 11 is 5.49. The second-order valence-corrected chi connectivity index (χ2v) is 5.42. The van der Waals surface area contributed by atoms with Crippen molar-refractivity contribution < 1.29 is 27.6 Å². The molecule has 0 aliphatic carbocycles. The first kappa shape index (κ1) is 17.3. The van der Waals surface area contributed by atoms with E-state index in [1.165, 1.54) is 13.0 Å². The second-order valence-electron chi connectivity index (χ2n) is 5.02. The van der Waals surface area contributed by atoms with Crippen LogP contribution in [-0.2, 0) is 20.6 Å². The van der Waals surface area contributed by atoms with Crippen LogP contribution in [-0.4, -0.2) is 28.7 Å². The first-order chi connectivity index (χ1) is 10.6. The lowest BCUT2D eigenvalue weighted by Crippen LogP contribution is -2.45. The number of halogens is 4. The van der Waals surface area contributed by atoms with Crippen LogP contribution < -0.4 is 5.32 Å². The molecule has 5 nitrogen and oxygen atoms in total. The van der Waals surface area contributed by atoms with Gasteiger partial charge >= 0.3 is 6.18 Å². The van der Waals surface area contributed by atoms with E-state index in [1.807, 2.05) is 0 Å². The Morgan fingerprint density at radius 1 is 1.26 bits per heavy atom. The number of carbonyl (C=O) groups is 3. The molecule has 1 heterocycles. The fraction of sp³-hybridized carbons (Fsp3) is 0.357. The number of anilines is 1. The largest absolute Gasteiger partial charge is 0.417 e. The van der Waals surface area contributed by atoms with Crippen LogP contribution in [0.1, 0.15) is 25.3 Å². The zero-order valence-electron chi connectivity index (χ0n) is 11.9. The van der Waals surface area contributed by atoms with Gasteiger partial charge in [0, 0.05) is 18.5 Å². The Morgan fingerprint density at radius 3 is 2.35 bits per heavy atom. The summed E-state index contributed by atoms with van der Waals surface area (Å²) in [6, 6.07) is 1.80. The molecule has 0 bridgehead atoms. The van der Waals surface area contributed by atoms with Crippen molar-refractivity contribution in [1.82, 2.24) is 4.90 Å². The van der Waals surface area contributed by atoms with E-state index in [9.17, 15) is 27.6 Å². The highest BCUT2D eigenvalue weighted by Crippen LogP contribution is 2.36. The molecule has 1 saturated heterocycles. The molecule has 1 aliphatic rings. The molecule has 3 amide bonds. The molecule has 0 saturated carbocycles. The van der Waals surface area contributed by atoms with Gasteiger partial charge in [0.1, 0.15) is 6.04 Å². The van der Waals surface area contributed by atoms with Crippen LogP contribution >= 0.6 is 11.6 Å². The van der Waals surface area contributed by atoms with Crippen LogP contribution in [0.4, 0.5) is 18.9 Å². The summed E-state index contributed by atoms with van der Waals surface area (Å²) in [6.45, 7) is 1.33. The molecule has 1 aromatic carbocycles. The van der Waals surface area contributed by atoms with Crippen LogP contribution in [0.5, 0.6) is 0 Å². The summed E-state index contributed by atoms with van der Waals surface area (Å²) in [5.74, 6) is -1.72.